The van der Waals surface area contributed by atoms with Crippen LogP contribution in [0, 0.1) is 11.7 Å². The van der Waals surface area contributed by atoms with Gasteiger partial charge in [-0.15, -0.1) is 0 Å². The van der Waals surface area contributed by atoms with Crippen LogP contribution in [0.3, 0.4) is 0 Å². The first-order valence-electron chi connectivity index (χ1n) is 5.00. The summed E-state index contributed by atoms with van der Waals surface area (Å²) < 4.78 is 13.1. The molecule has 1 aromatic rings. The zero-order chi connectivity index (χ0) is 11.7. The maximum Gasteiger partial charge on any atom is 0.308 e. The number of carboxylic acid groups (broad SMARTS) is 1. The van der Waals surface area contributed by atoms with Crippen molar-refractivity contribution in [1.82, 2.24) is 5.32 Å². The fraction of sp³-hybridized carbons (Fsp3) is 0.364. The highest BCUT2D eigenvalue weighted by atomic mass is 35.5. The molecule has 0 spiro atoms. The van der Waals surface area contributed by atoms with Crippen LogP contribution in [0.2, 0.25) is 5.02 Å². The van der Waals surface area contributed by atoms with Gasteiger partial charge in [-0.1, -0.05) is 11.6 Å². The Kier molecular flexibility index (Phi) is 3.12. The van der Waals surface area contributed by atoms with Gasteiger partial charge in [0.25, 0.3) is 0 Å². The average Bonchev–Trinajstić information content (AvgIpc) is 2.70. The second-order valence-corrected chi connectivity index (χ2v) is 4.24. The SMILES string of the molecule is O=C(O)C1CCNC1c1cc(F)ccc1Cl. The lowest BCUT2D eigenvalue weighted by Crippen LogP contribution is -2.23. The first-order chi connectivity index (χ1) is 7.59. The second kappa shape index (κ2) is 4.39. The first kappa shape index (κ1) is 11.4. The Balaban J connectivity index is 2.35. The van der Waals surface area contributed by atoms with E-state index in [-0.39, 0.29) is 0 Å². The van der Waals surface area contributed by atoms with E-state index in [0.717, 1.165) is 0 Å². The summed E-state index contributed by atoms with van der Waals surface area (Å²) in [6.45, 7) is 0.606. The summed E-state index contributed by atoms with van der Waals surface area (Å²) in [7, 11) is 0. The quantitative estimate of drug-likeness (QED) is 0.837. The largest absolute Gasteiger partial charge is 0.481 e. The number of carbonyl (C=O) groups is 1. The fourth-order valence-electron chi connectivity index (χ4n) is 2.05. The van der Waals surface area contributed by atoms with Gasteiger partial charge < -0.3 is 10.4 Å². The minimum atomic E-state index is -0.879. The lowest BCUT2D eigenvalue weighted by molar-refractivity contribution is -0.142. The zero-order valence-electron chi connectivity index (χ0n) is 8.41. The van der Waals surface area contributed by atoms with Crippen molar-refractivity contribution >= 4 is 17.6 Å². The third-order valence-corrected chi connectivity index (χ3v) is 3.18. The second-order valence-electron chi connectivity index (χ2n) is 3.83. The molecule has 0 saturated carbocycles. The topological polar surface area (TPSA) is 49.3 Å². The van der Waals surface area contributed by atoms with Crippen LogP contribution in [0.4, 0.5) is 4.39 Å². The van der Waals surface area contributed by atoms with Gasteiger partial charge in [0.05, 0.1) is 5.92 Å². The summed E-state index contributed by atoms with van der Waals surface area (Å²) in [4.78, 5) is 11.0. The average molecular weight is 244 g/mol. The number of benzene rings is 1. The van der Waals surface area contributed by atoms with Crippen LogP contribution in [0.15, 0.2) is 18.2 Å². The predicted octanol–water partition coefficient (Wildman–Crippen LogP) is 2.21. The van der Waals surface area contributed by atoms with Crippen LogP contribution in [0.5, 0.6) is 0 Å². The lowest BCUT2D eigenvalue weighted by atomic mass is 9.94. The molecule has 0 aliphatic carbocycles. The van der Waals surface area contributed by atoms with E-state index in [9.17, 15) is 9.18 Å². The molecule has 5 heteroatoms. The van der Waals surface area contributed by atoms with E-state index < -0.39 is 23.7 Å². The smallest absolute Gasteiger partial charge is 0.308 e. The Morgan fingerprint density at radius 2 is 2.31 bits per heavy atom. The minimum absolute atomic E-state index is 0.395. The maximum absolute atomic E-state index is 13.1. The van der Waals surface area contributed by atoms with E-state index in [1.165, 1.54) is 18.2 Å². The summed E-state index contributed by atoms with van der Waals surface area (Å²) in [5.41, 5.74) is 0.520. The van der Waals surface area contributed by atoms with Crippen molar-refractivity contribution in [2.45, 2.75) is 12.5 Å². The number of hydrogen-bond acceptors (Lipinski definition) is 2. The highest BCUT2D eigenvalue weighted by Crippen LogP contribution is 2.34. The normalized spacial score (nSPS) is 24.6. The van der Waals surface area contributed by atoms with Gasteiger partial charge in [0, 0.05) is 11.1 Å². The molecule has 0 radical (unpaired) electrons. The molecule has 1 aliphatic rings. The molecule has 1 aliphatic heterocycles. The third kappa shape index (κ3) is 2.03. The fourth-order valence-corrected chi connectivity index (χ4v) is 2.28. The lowest BCUT2D eigenvalue weighted by Gasteiger charge is -2.17. The van der Waals surface area contributed by atoms with E-state index >= 15 is 0 Å². The summed E-state index contributed by atoms with van der Waals surface area (Å²) in [6.07, 6.45) is 0.535. The molecule has 1 saturated heterocycles. The molecular weight excluding hydrogens is 233 g/mol. The molecule has 1 aromatic carbocycles. The first-order valence-corrected chi connectivity index (χ1v) is 5.38. The van der Waals surface area contributed by atoms with Crippen LogP contribution in [-0.4, -0.2) is 17.6 Å². The van der Waals surface area contributed by atoms with E-state index in [1.54, 1.807) is 0 Å². The van der Waals surface area contributed by atoms with E-state index in [4.69, 9.17) is 16.7 Å². The molecule has 2 unspecified atom stereocenters. The van der Waals surface area contributed by atoms with Crippen LogP contribution in [-0.2, 0) is 4.79 Å². The highest BCUT2D eigenvalue weighted by molar-refractivity contribution is 6.31. The van der Waals surface area contributed by atoms with Gasteiger partial charge in [-0.3, -0.25) is 4.79 Å². The van der Waals surface area contributed by atoms with Gasteiger partial charge >= 0.3 is 5.97 Å². The Hall–Kier alpha value is -1.13. The molecule has 0 aromatic heterocycles. The van der Waals surface area contributed by atoms with Gasteiger partial charge in [0.1, 0.15) is 5.82 Å². The van der Waals surface area contributed by atoms with Crippen molar-refractivity contribution < 1.29 is 14.3 Å². The standard InChI is InChI=1S/C11H11ClFNO2/c12-9-2-1-6(13)5-8(9)10-7(11(15)16)3-4-14-10/h1-2,5,7,10,14H,3-4H2,(H,15,16). The van der Waals surface area contributed by atoms with Crippen molar-refractivity contribution in [3.63, 3.8) is 0 Å². The van der Waals surface area contributed by atoms with Gasteiger partial charge in [-0.2, -0.15) is 0 Å². The summed E-state index contributed by atoms with van der Waals surface area (Å²) >= 11 is 5.95. The van der Waals surface area contributed by atoms with E-state index in [0.29, 0.717) is 23.6 Å². The van der Waals surface area contributed by atoms with Crippen molar-refractivity contribution in [2.75, 3.05) is 6.54 Å². The summed E-state index contributed by atoms with van der Waals surface area (Å²) in [5, 5.41) is 12.5. The zero-order valence-corrected chi connectivity index (χ0v) is 9.17. The van der Waals surface area contributed by atoms with Crippen molar-refractivity contribution in [1.29, 1.82) is 0 Å². The minimum Gasteiger partial charge on any atom is -0.481 e. The highest BCUT2D eigenvalue weighted by Gasteiger charge is 2.34. The van der Waals surface area contributed by atoms with Crippen molar-refractivity contribution in [3.05, 3.63) is 34.6 Å². The van der Waals surface area contributed by atoms with Crippen LogP contribution >= 0.6 is 11.6 Å². The van der Waals surface area contributed by atoms with Gasteiger partial charge in [0.2, 0.25) is 0 Å². The number of rotatable bonds is 2. The molecule has 2 atom stereocenters. The van der Waals surface area contributed by atoms with Crippen LogP contribution in [0.1, 0.15) is 18.0 Å². The molecule has 1 fully saturated rings. The Labute approximate surface area is 97.2 Å². The molecular formula is C11H11ClFNO2. The Morgan fingerprint density at radius 1 is 1.56 bits per heavy atom. The number of hydrogen-bond donors (Lipinski definition) is 2. The number of nitrogens with one attached hydrogen (secondary N) is 1. The van der Waals surface area contributed by atoms with Crippen molar-refractivity contribution in [3.8, 4) is 0 Å². The molecule has 1 heterocycles. The number of halogens is 2. The van der Waals surface area contributed by atoms with Crippen LogP contribution < -0.4 is 5.32 Å². The maximum atomic E-state index is 13.1. The summed E-state index contributed by atoms with van der Waals surface area (Å²) in [5.74, 6) is -1.83. The Morgan fingerprint density at radius 3 is 3.00 bits per heavy atom. The molecule has 3 nitrogen and oxygen atoms in total. The van der Waals surface area contributed by atoms with Crippen molar-refractivity contribution in [2.24, 2.45) is 5.92 Å². The van der Waals surface area contributed by atoms with Gasteiger partial charge in [-0.25, -0.2) is 4.39 Å². The van der Waals surface area contributed by atoms with Gasteiger partial charge in [0.15, 0.2) is 0 Å². The summed E-state index contributed by atoms with van der Waals surface area (Å²) in [6, 6.07) is 3.60. The monoisotopic (exact) mass is 243 g/mol. The molecule has 0 amide bonds. The molecule has 86 valence electrons. The number of aliphatic carboxylic acids is 1. The van der Waals surface area contributed by atoms with Crippen LogP contribution in [0.25, 0.3) is 0 Å². The van der Waals surface area contributed by atoms with E-state index in [1.807, 2.05) is 0 Å². The molecule has 2 rings (SSSR count). The molecule has 2 N–H and O–H groups in total. The molecule has 0 bridgehead atoms. The third-order valence-electron chi connectivity index (χ3n) is 2.83. The molecule has 16 heavy (non-hydrogen) atoms. The Bertz CT molecular complexity index is 424. The van der Waals surface area contributed by atoms with Gasteiger partial charge in [-0.05, 0) is 36.7 Å². The predicted molar refractivity (Wildman–Crippen MR) is 57.9 cm³/mol. The number of carboxylic acids is 1. The van der Waals surface area contributed by atoms with E-state index in [2.05, 4.69) is 5.32 Å².